The van der Waals surface area contributed by atoms with Crippen molar-refractivity contribution in [2.75, 3.05) is 26.7 Å². The Labute approximate surface area is 207 Å². The molecule has 1 aliphatic rings. The van der Waals surface area contributed by atoms with E-state index in [1.165, 1.54) is 6.20 Å². The number of carbonyl (C=O) groups is 1. The minimum atomic E-state index is -1.41. The average molecular weight is 501 g/mol. The molecule has 0 bridgehead atoms. The highest BCUT2D eigenvalue weighted by Gasteiger charge is 2.41. The van der Waals surface area contributed by atoms with Gasteiger partial charge >= 0.3 is 5.97 Å². The first-order chi connectivity index (χ1) is 16.4. The number of rotatable bonds is 7. The number of pyridine rings is 1. The maximum Gasteiger partial charge on any atom is 0.309 e. The molecular weight excluding hydrogens is 475 g/mol. The SMILES string of the molecule is COc1ccc2ncc(Cl)c([C@H](F)CCC3(C(=O)O)CCN(CC#Cc4cccs4)CC3)c2c1. The normalized spacial score (nSPS) is 16.6. The largest absolute Gasteiger partial charge is 0.497 e. The summed E-state index contributed by atoms with van der Waals surface area (Å²) in [5.74, 6) is 6.02. The molecule has 178 valence electrons. The second kappa shape index (κ2) is 10.7. The van der Waals surface area contributed by atoms with Gasteiger partial charge in [-0.2, -0.15) is 0 Å². The number of fused-ring (bicyclic) bond motifs is 1. The van der Waals surface area contributed by atoms with Crippen LogP contribution < -0.4 is 4.74 Å². The Morgan fingerprint density at radius 1 is 1.38 bits per heavy atom. The number of ether oxygens (including phenoxy) is 1. The molecule has 1 atom stereocenters. The molecule has 8 heteroatoms. The number of likely N-dealkylation sites (tertiary alicyclic amines) is 1. The third-order valence-corrected chi connectivity index (χ3v) is 7.65. The zero-order valence-electron chi connectivity index (χ0n) is 18.9. The minimum absolute atomic E-state index is 0.0700. The molecular formula is C26H26ClFN2O3S. The number of aliphatic carboxylic acids is 1. The predicted molar refractivity (Wildman–Crippen MR) is 133 cm³/mol. The van der Waals surface area contributed by atoms with E-state index in [1.807, 2.05) is 17.5 Å². The molecule has 2 aromatic heterocycles. The van der Waals surface area contributed by atoms with Gasteiger partial charge in [0.15, 0.2) is 0 Å². The lowest BCUT2D eigenvalue weighted by atomic mass is 9.74. The van der Waals surface area contributed by atoms with Gasteiger partial charge in [0.05, 0.1) is 34.5 Å². The monoisotopic (exact) mass is 500 g/mol. The van der Waals surface area contributed by atoms with Crippen molar-refractivity contribution in [3.63, 3.8) is 0 Å². The van der Waals surface area contributed by atoms with E-state index in [4.69, 9.17) is 16.3 Å². The lowest BCUT2D eigenvalue weighted by molar-refractivity contribution is -0.152. The van der Waals surface area contributed by atoms with E-state index < -0.39 is 17.6 Å². The van der Waals surface area contributed by atoms with E-state index >= 15 is 4.39 Å². The van der Waals surface area contributed by atoms with E-state index in [0.29, 0.717) is 54.7 Å². The number of aromatic nitrogens is 1. The summed E-state index contributed by atoms with van der Waals surface area (Å²) >= 11 is 7.94. The maximum absolute atomic E-state index is 15.6. The number of alkyl halides is 1. The van der Waals surface area contributed by atoms with Crippen molar-refractivity contribution < 1.29 is 19.0 Å². The van der Waals surface area contributed by atoms with Crippen LogP contribution in [0.4, 0.5) is 4.39 Å². The molecule has 0 unspecified atom stereocenters. The lowest BCUT2D eigenvalue weighted by Gasteiger charge is -2.38. The number of benzene rings is 1. The fraction of sp³-hybridized carbons (Fsp3) is 0.385. The summed E-state index contributed by atoms with van der Waals surface area (Å²) in [7, 11) is 1.54. The van der Waals surface area contributed by atoms with Gasteiger partial charge in [-0.1, -0.05) is 29.5 Å². The number of hydrogen-bond acceptors (Lipinski definition) is 5. The summed E-state index contributed by atoms with van der Waals surface area (Å²) in [6, 6.07) is 9.19. The molecule has 3 heterocycles. The zero-order valence-corrected chi connectivity index (χ0v) is 20.5. The Morgan fingerprint density at radius 3 is 2.85 bits per heavy atom. The number of carboxylic acid groups (broad SMARTS) is 1. The maximum atomic E-state index is 15.6. The van der Waals surface area contributed by atoms with Crippen LogP contribution in [0.1, 0.15) is 42.3 Å². The van der Waals surface area contributed by atoms with Crippen LogP contribution in [0.25, 0.3) is 10.9 Å². The van der Waals surface area contributed by atoms with Crippen molar-refractivity contribution >= 4 is 39.8 Å². The van der Waals surface area contributed by atoms with Gasteiger partial charge in [0, 0.05) is 30.2 Å². The van der Waals surface area contributed by atoms with Crippen molar-refractivity contribution in [1.29, 1.82) is 0 Å². The molecule has 4 rings (SSSR count). The van der Waals surface area contributed by atoms with Crippen molar-refractivity contribution in [2.24, 2.45) is 5.41 Å². The third kappa shape index (κ3) is 5.35. The van der Waals surface area contributed by atoms with Crippen LogP contribution in [0.3, 0.4) is 0 Å². The first-order valence-electron chi connectivity index (χ1n) is 11.2. The number of halogens is 2. The van der Waals surface area contributed by atoms with E-state index in [0.717, 1.165) is 4.88 Å². The Kier molecular flexibility index (Phi) is 7.72. The van der Waals surface area contributed by atoms with Gasteiger partial charge in [-0.25, -0.2) is 4.39 Å². The molecule has 1 fully saturated rings. The van der Waals surface area contributed by atoms with Crippen molar-refractivity contribution in [3.8, 4) is 17.6 Å². The van der Waals surface area contributed by atoms with Gasteiger partial charge in [0.25, 0.3) is 0 Å². The first kappa shape index (κ1) is 24.5. The Balaban J connectivity index is 1.43. The number of hydrogen-bond donors (Lipinski definition) is 1. The fourth-order valence-electron chi connectivity index (χ4n) is 4.46. The highest BCUT2D eigenvalue weighted by atomic mass is 35.5. The van der Waals surface area contributed by atoms with E-state index in [2.05, 4.69) is 21.7 Å². The molecule has 0 saturated carbocycles. The molecule has 1 N–H and O–H groups in total. The summed E-state index contributed by atoms with van der Waals surface area (Å²) in [6.45, 7) is 1.84. The average Bonchev–Trinajstić information content (AvgIpc) is 3.36. The molecule has 34 heavy (non-hydrogen) atoms. The number of methoxy groups -OCH3 is 1. The minimum Gasteiger partial charge on any atom is -0.497 e. The quantitative estimate of drug-likeness (QED) is 0.405. The van der Waals surface area contributed by atoms with Crippen LogP contribution in [0.5, 0.6) is 5.75 Å². The van der Waals surface area contributed by atoms with Gasteiger partial charge in [0.2, 0.25) is 0 Å². The Bertz CT molecular complexity index is 1210. The van der Waals surface area contributed by atoms with Gasteiger partial charge in [-0.05, 0) is 55.3 Å². The molecule has 3 aromatic rings. The molecule has 0 spiro atoms. The number of carboxylic acids is 1. The van der Waals surface area contributed by atoms with E-state index in [9.17, 15) is 9.90 Å². The number of piperidine rings is 1. The number of thiophene rings is 1. The second-order valence-electron chi connectivity index (χ2n) is 8.55. The van der Waals surface area contributed by atoms with Gasteiger partial charge in [0.1, 0.15) is 11.9 Å². The molecule has 0 amide bonds. The Morgan fingerprint density at radius 2 is 2.18 bits per heavy atom. The van der Waals surface area contributed by atoms with Crippen LogP contribution in [0.2, 0.25) is 5.02 Å². The van der Waals surface area contributed by atoms with Crippen LogP contribution >= 0.6 is 22.9 Å². The first-order valence-corrected chi connectivity index (χ1v) is 12.4. The van der Waals surface area contributed by atoms with Crippen LogP contribution in [0, 0.1) is 17.3 Å². The molecule has 1 aliphatic heterocycles. The van der Waals surface area contributed by atoms with Crippen LogP contribution in [0.15, 0.2) is 41.9 Å². The molecule has 5 nitrogen and oxygen atoms in total. The van der Waals surface area contributed by atoms with Crippen molar-refractivity contribution in [1.82, 2.24) is 9.88 Å². The molecule has 1 aromatic carbocycles. The van der Waals surface area contributed by atoms with Crippen molar-refractivity contribution in [3.05, 3.63) is 57.4 Å². The third-order valence-electron chi connectivity index (χ3n) is 6.56. The standard InChI is InChI=1S/C26H26ClFN2O3S/c1-33-18-6-7-23-20(16-18)24(21(27)17-29-23)22(28)8-9-26(25(31)32)10-13-30(14-11-26)12-2-4-19-5-3-15-34-19/h3,5-7,15-17,22H,8-14H2,1H3,(H,31,32)/t22-/m1/s1. The smallest absolute Gasteiger partial charge is 0.309 e. The predicted octanol–water partition coefficient (Wildman–Crippen LogP) is 5.97. The lowest BCUT2D eigenvalue weighted by Crippen LogP contribution is -2.44. The van der Waals surface area contributed by atoms with Gasteiger partial charge in [-0.3, -0.25) is 14.7 Å². The zero-order chi connectivity index (χ0) is 24.1. The fourth-order valence-corrected chi connectivity index (χ4v) is 5.32. The molecule has 0 radical (unpaired) electrons. The van der Waals surface area contributed by atoms with Gasteiger partial charge < -0.3 is 9.84 Å². The van der Waals surface area contributed by atoms with E-state index in [1.54, 1.807) is 36.6 Å². The summed E-state index contributed by atoms with van der Waals surface area (Å²) < 4.78 is 20.8. The highest BCUT2D eigenvalue weighted by molar-refractivity contribution is 7.10. The molecule has 1 saturated heterocycles. The summed E-state index contributed by atoms with van der Waals surface area (Å²) in [6.07, 6.45) is 1.28. The van der Waals surface area contributed by atoms with E-state index in [-0.39, 0.29) is 17.9 Å². The summed E-state index contributed by atoms with van der Waals surface area (Å²) in [5.41, 5.74) is 0.00909. The molecule has 0 aliphatic carbocycles. The number of nitrogens with zero attached hydrogens (tertiary/aromatic N) is 2. The second-order valence-corrected chi connectivity index (χ2v) is 9.90. The van der Waals surface area contributed by atoms with Crippen LogP contribution in [-0.4, -0.2) is 47.7 Å². The van der Waals surface area contributed by atoms with Crippen LogP contribution in [-0.2, 0) is 4.79 Å². The Hall–Kier alpha value is -2.66. The topological polar surface area (TPSA) is 62.7 Å². The summed E-state index contributed by atoms with van der Waals surface area (Å²) in [5, 5.41) is 12.8. The van der Waals surface area contributed by atoms with Gasteiger partial charge in [-0.15, -0.1) is 11.3 Å². The van der Waals surface area contributed by atoms with Crippen molar-refractivity contribution in [2.45, 2.75) is 31.9 Å². The summed E-state index contributed by atoms with van der Waals surface area (Å²) in [4.78, 5) is 19.7. The highest BCUT2D eigenvalue weighted by Crippen LogP contribution is 2.42.